The molecule has 0 aromatic rings. The largest absolute Gasteiger partial charge is 0.393 e. The lowest BCUT2D eigenvalue weighted by Crippen LogP contribution is -2.27. The zero-order valence-corrected chi connectivity index (χ0v) is 13.9. The van der Waals surface area contributed by atoms with E-state index in [1.807, 2.05) is 18.9 Å². The third-order valence-electron chi connectivity index (χ3n) is 3.79. The van der Waals surface area contributed by atoms with Crippen LogP contribution in [0, 0.1) is 0 Å². The molecule has 0 heterocycles. The van der Waals surface area contributed by atoms with Gasteiger partial charge in [0.1, 0.15) is 0 Å². The molecule has 3 nitrogen and oxygen atoms in total. The molecule has 0 aliphatic heterocycles. The van der Waals surface area contributed by atoms with E-state index in [4.69, 9.17) is 5.11 Å². The molecular weight excluding hydrogens is 250 g/mol. The highest BCUT2D eigenvalue weighted by Gasteiger charge is 2.07. The molecule has 0 bridgehead atoms. The highest BCUT2D eigenvalue weighted by atomic mass is 16.3. The molecular formula is C17H35NO2. The molecule has 1 atom stereocenters. The van der Waals surface area contributed by atoms with Crippen LogP contribution in [0.25, 0.3) is 0 Å². The van der Waals surface area contributed by atoms with Gasteiger partial charge in [-0.3, -0.25) is 4.79 Å². The standard InChI is InChI=1S/C17H35NO2/c1-4-5-6-7-8-9-10-14-17(20)18(3)15-12-11-13-16(2)19/h16,19H,4-15H2,1-3H3. The van der Waals surface area contributed by atoms with Gasteiger partial charge in [-0.25, -0.2) is 0 Å². The molecule has 120 valence electrons. The summed E-state index contributed by atoms with van der Waals surface area (Å²) in [5, 5.41) is 9.17. The van der Waals surface area contributed by atoms with Gasteiger partial charge in [-0.1, -0.05) is 45.4 Å². The molecule has 0 fully saturated rings. The van der Waals surface area contributed by atoms with Crippen molar-refractivity contribution in [1.29, 1.82) is 0 Å². The number of hydrogen-bond donors (Lipinski definition) is 1. The molecule has 1 N–H and O–H groups in total. The summed E-state index contributed by atoms with van der Waals surface area (Å²) >= 11 is 0. The van der Waals surface area contributed by atoms with Crippen LogP contribution in [0.15, 0.2) is 0 Å². The summed E-state index contributed by atoms with van der Waals surface area (Å²) in [6.07, 6.45) is 12.1. The molecule has 3 heteroatoms. The second kappa shape index (κ2) is 13.4. The van der Waals surface area contributed by atoms with Gasteiger partial charge >= 0.3 is 0 Å². The molecule has 1 amide bonds. The van der Waals surface area contributed by atoms with Crippen LogP contribution in [-0.2, 0) is 4.79 Å². The van der Waals surface area contributed by atoms with Gasteiger partial charge in [0, 0.05) is 20.0 Å². The van der Waals surface area contributed by atoms with E-state index in [2.05, 4.69) is 6.92 Å². The Hall–Kier alpha value is -0.570. The van der Waals surface area contributed by atoms with Crippen molar-refractivity contribution in [3.05, 3.63) is 0 Å². The molecule has 0 rings (SSSR count). The van der Waals surface area contributed by atoms with Crippen molar-refractivity contribution in [1.82, 2.24) is 4.90 Å². The third-order valence-corrected chi connectivity index (χ3v) is 3.79. The first-order valence-corrected chi connectivity index (χ1v) is 8.50. The quantitative estimate of drug-likeness (QED) is 0.517. The summed E-state index contributed by atoms with van der Waals surface area (Å²) < 4.78 is 0. The highest BCUT2D eigenvalue weighted by molar-refractivity contribution is 5.75. The number of carbonyl (C=O) groups excluding carboxylic acids is 1. The third kappa shape index (κ3) is 12.5. The Morgan fingerprint density at radius 2 is 1.60 bits per heavy atom. The molecule has 1 unspecified atom stereocenters. The van der Waals surface area contributed by atoms with E-state index < -0.39 is 0 Å². The van der Waals surface area contributed by atoms with Crippen molar-refractivity contribution in [2.75, 3.05) is 13.6 Å². The lowest BCUT2D eigenvalue weighted by molar-refractivity contribution is -0.130. The highest BCUT2D eigenvalue weighted by Crippen LogP contribution is 2.09. The van der Waals surface area contributed by atoms with Crippen LogP contribution in [0.2, 0.25) is 0 Å². The number of nitrogens with zero attached hydrogens (tertiary/aromatic N) is 1. The van der Waals surface area contributed by atoms with Crippen LogP contribution in [-0.4, -0.2) is 35.6 Å². The van der Waals surface area contributed by atoms with Gasteiger partial charge in [0.2, 0.25) is 5.91 Å². The minimum atomic E-state index is -0.219. The smallest absolute Gasteiger partial charge is 0.222 e. The topological polar surface area (TPSA) is 40.5 Å². The van der Waals surface area contributed by atoms with Crippen LogP contribution < -0.4 is 0 Å². The monoisotopic (exact) mass is 285 g/mol. The zero-order valence-electron chi connectivity index (χ0n) is 13.9. The van der Waals surface area contributed by atoms with E-state index in [9.17, 15) is 4.79 Å². The Morgan fingerprint density at radius 1 is 1.00 bits per heavy atom. The number of unbranched alkanes of at least 4 members (excludes halogenated alkanes) is 7. The molecule has 0 aliphatic rings. The number of rotatable bonds is 13. The lowest BCUT2D eigenvalue weighted by Gasteiger charge is -2.17. The normalized spacial score (nSPS) is 12.4. The molecule has 0 saturated carbocycles. The van der Waals surface area contributed by atoms with Crippen molar-refractivity contribution >= 4 is 5.91 Å². The predicted molar refractivity (Wildman–Crippen MR) is 85.8 cm³/mol. The van der Waals surface area contributed by atoms with Crippen molar-refractivity contribution in [2.24, 2.45) is 0 Å². The summed E-state index contributed by atoms with van der Waals surface area (Å²) in [6, 6.07) is 0. The number of aliphatic hydroxyl groups excluding tert-OH is 1. The average molecular weight is 285 g/mol. The van der Waals surface area contributed by atoms with Gasteiger partial charge in [0.05, 0.1) is 6.10 Å². The minimum Gasteiger partial charge on any atom is -0.393 e. The molecule has 20 heavy (non-hydrogen) atoms. The van der Waals surface area contributed by atoms with Crippen LogP contribution in [0.5, 0.6) is 0 Å². The first kappa shape index (κ1) is 19.4. The van der Waals surface area contributed by atoms with Crippen molar-refractivity contribution in [2.45, 2.75) is 90.6 Å². The number of aliphatic hydroxyl groups is 1. The number of hydrogen-bond acceptors (Lipinski definition) is 2. The first-order valence-electron chi connectivity index (χ1n) is 8.50. The first-order chi connectivity index (χ1) is 9.57. The van der Waals surface area contributed by atoms with Crippen LogP contribution in [0.3, 0.4) is 0 Å². The lowest BCUT2D eigenvalue weighted by atomic mass is 10.1. The van der Waals surface area contributed by atoms with Gasteiger partial charge in [-0.15, -0.1) is 0 Å². The Morgan fingerprint density at radius 3 is 2.20 bits per heavy atom. The Bertz CT molecular complexity index is 229. The Labute approximate surface area is 125 Å². The zero-order chi connectivity index (χ0) is 15.2. The summed E-state index contributed by atoms with van der Waals surface area (Å²) in [5.41, 5.74) is 0. The Kier molecular flexibility index (Phi) is 13.0. The van der Waals surface area contributed by atoms with Gasteiger partial charge in [-0.05, 0) is 32.6 Å². The fourth-order valence-corrected chi connectivity index (χ4v) is 2.34. The second-order valence-electron chi connectivity index (χ2n) is 6.03. The maximum atomic E-state index is 11.9. The van der Waals surface area contributed by atoms with Crippen molar-refractivity contribution < 1.29 is 9.90 Å². The van der Waals surface area contributed by atoms with Crippen LogP contribution in [0.4, 0.5) is 0 Å². The summed E-state index contributed by atoms with van der Waals surface area (Å²) in [4.78, 5) is 13.7. The fourth-order valence-electron chi connectivity index (χ4n) is 2.34. The van der Waals surface area contributed by atoms with Gasteiger partial charge in [0.25, 0.3) is 0 Å². The maximum absolute atomic E-state index is 11.9. The predicted octanol–water partition coefficient (Wildman–Crippen LogP) is 4.14. The van der Waals surface area contributed by atoms with E-state index in [1.54, 1.807) is 0 Å². The SMILES string of the molecule is CCCCCCCCCC(=O)N(C)CCCCC(C)O. The molecule has 0 radical (unpaired) electrons. The van der Waals surface area contributed by atoms with E-state index in [1.165, 1.54) is 38.5 Å². The Balaban J connectivity index is 3.41. The molecule has 0 saturated heterocycles. The second-order valence-corrected chi connectivity index (χ2v) is 6.03. The molecule has 0 aliphatic carbocycles. The summed E-state index contributed by atoms with van der Waals surface area (Å²) in [6.45, 7) is 4.87. The van der Waals surface area contributed by atoms with Crippen molar-refractivity contribution in [3.8, 4) is 0 Å². The summed E-state index contributed by atoms with van der Waals surface area (Å²) in [5.74, 6) is 0.274. The van der Waals surface area contributed by atoms with Crippen LogP contribution in [0.1, 0.15) is 84.5 Å². The summed E-state index contributed by atoms with van der Waals surface area (Å²) in [7, 11) is 1.89. The maximum Gasteiger partial charge on any atom is 0.222 e. The van der Waals surface area contributed by atoms with Gasteiger partial charge in [0.15, 0.2) is 0 Å². The van der Waals surface area contributed by atoms with Gasteiger partial charge < -0.3 is 10.0 Å². The number of amides is 1. The molecule has 0 aromatic carbocycles. The van der Waals surface area contributed by atoms with Crippen molar-refractivity contribution in [3.63, 3.8) is 0 Å². The number of carbonyl (C=O) groups is 1. The average Bonchev–Trinajstić information content (AvgIpc) is 2.41. The minimum absolute atomic E-state index is 0.219. The molecule has 0 spiro atoms. The van der Waals surface area contributed by atoms with E-state index in [0.29, 0.717) is 6.42 Å². The van der Waals surface area contributed by atoms with Crippen LogP contribution >= 0.6 is 0 Å². The van der Waals surface area contributed by atoms with E-state index in [0.717, 1.165) is 32.2 Å². The fraction of sp³-hybridized carbons (Fsp3) is 0.941. The van der Waals surface area contributed by atoms with E-state index in [-0.39, 0.29) is 12.0 Å². The van der Waals surface area contributed by atoms with E-state index >= 15 is 0 Å². The van der Waals surface area contributed by atoms with Gasteiger partial charge in [-0.2, -0.15) is 0 Å². The molecule has 0 aromatic heterocycles.